The minimum absolute atomic E-state index is 0.0868. The molecule has 0 aliphatic carbocycles. The maximum Gasteiger partial charge on any atom is 0.225 e. The summed E-state index contributed by atoms with van der Waals surface area (Å²) in [7, 11) is 2.09. The Morgan fingerprint density at radius 1 is 1.00 bits per heavy atom. The van der Waals surface area contributed by atoms with E-state index in [1.165, 1.54) is 22.7 Å². The van der Waals surface area contributed by atoms with Crippen LogP contribution in [0, 0.1) is 18.6 Å². The second-order valence-electron chi connectivity index (χ2n) is 9.14. The molecule has 5 aromatic rings. The summed E-state index contributed by atoms with van der Waals surface area (Å²) in [5.74, 6) is -0.153. The first kappa shape index (κ1) is 22.4. The van der Waals surface area contributed by atoms with E-state index in [0.29, 0.717) is 11.5 Å². The molecular weight excluding hydrogens is 464 g/mol. The lowest BCUT2D eigenvalue weighted by Crippen LogP contribution is -2.45. The van der Waals surface area contributed by atoms with Crippen LogP contribution in [0.1, 0.15) is 17.1 Å². The summed E-state index contributed by atoms with van der Waals surface area (Å²) in [4.78, 5) is 18.4. The topological polar surface area (TPSA) is 92.9 Å². The Balaban J connectivity index is 1.55. The van der Waals surface area contributed by atoms with Crippen LogP contribution in [0.4, 0.5) is 20.5 Å². The summed E-state index contributed by atoms with van der Waals surface area (Å²) in [6.45, 7) is 5.31. The molecule has 0 radical (unpaired) electrons. The maximum absolute atomic E-state index is 14.4. The zero-order chi connectivity index (χ0) is 25.0. The third-order valence-corrected chi connectivity index (χ3v) is 6.71. The molecule has 1 saturated heterocycles. The molecular formula is C25H25F2N9. The van der Waals surface area contributed by atoms with E-state index in [9.17, 15) is 8.78 Å². The van der Waals surface area contributed by atoms with E-state index in [2.05, 4.69) is 26.9 Å². The molecule has 6 rings (SSSR count). The van der Waals surface area contributed by atoms with Crippen molar-refractivity contribution < 1.29 is 8.78 Å². The van der Waals surface area contributed by atoms with Gasteiger partial charge in [0.15, 0.2) is 11.5 Å². The average Bonchev–Trinajstić information content (AvgIpc) is 3.46. The normalized spacial score (nSPS) is 14.8. The highest BCUT2D eigenvalue weighted by molar-refractivity contribution is 5.88. The van der Waals surface area contributed by atoms with Crippen molar-refractivity contribution in [2.24, 2.45) is 0 Å². The van der Waals surface area contributed by atoms with Crippen LogP contribution in [0.15, 0.2) is 42.7 Å². The lowest BCUT2D eigenvalue weighted by atomic mass is 10.1. The molecule has 1 fully saturated rings. The van der Waals surface area contributed by atoms with Crippen molar-refractivity contribution in [3.63, 3.8) is 0 Å². The number of pyridine rings is 1. The zero-order valence-electron chi connectivity index (χ0n) is 20.0. The molecule has 0 amide bonds. The number of imidazole rings is 1. The molecule has 11 heteroatoms. The highest BCUT2D eigenvalue weighted by atomic mass is 19.1. The van der Waals surface area contributed by atoms with Gasteiger partial charge in [-0.15, -0.1) is 5.10 Å². The van der Waals surface area contributed by atoms with Crippen molar-refractivity contribution in [1.29, 1.82) is 0 Å². The first-order chi connectivity index (χ1) is 17.4. The highest BCUT2D eigenvalue weighted by Gasteiger charge is 2.25. The van der Waals surface area contributed by atoms with Gasteiger partial charge in [0, 0.05) is 61.8 Å². The standard InChI is InChI=1S/C25H25F2N9/c1-15-13-29-21-7-6-16(14-35(15)21)22-23(34-10-8-33(2)9-11-34)31-25(28)36-24(22)30-20(32-36)12-17-18(26)4-3-5-19(17)27/h3-7,13-14H,8-12H2,1-2H3,(H2,28,31). The van der Waals surface area contributed by atoms with Gasteiger partial charge in [-0.3, -0.25) is 0 Å². The lowest BCUT2D eigenvalue weighted by Gasteiger charge is -2.34. The van der Waals surface area contributed by atoms with Gasteiger partial charge in [-0.25, -0.2) is 18.7 Å². The number of anilines is 2. The van der Waals surface area contributed by atoms with Gasteiger partial charge in [-0.2, -0.15) is 9.50 Å². The number of aromatic nitrogens is 6. The van der Waals surface area contributed by atoms with Crippen molar-refractivity contribution in [2.45, 2.75) is 13.3 Å². The Bertz CT molecular complexity index is 1580. The van der Waals surface area contributed by atoms with Gasteiger partial charge in [-0.05, 0) is 38.2 Å². The number of nitrogen functional groups attached to an aromatic ring is 1. The Morgan fingerprint density at radius 2 is 1.75 bits per heavy atom. The molecule has 5 heterocycles. The van der Waals surface area contributed by atoms with Crippen LogP contribution < -0.4 is 10.6 Å². The maximum atomic E-state index is 14.4. The predicted octanol–water partition coefficient (Wildman–Crippen LogP) is 2.95. The number of halogens is 2. The highest BCUT2D eigenvalue weighted by Crippen LogP contribution is 2.35. The van der Waals surface area contributed by atoms with E-state index in [-0.39, 0.29) is 23.8 Å². The molecule has 0 atom stereocenters. The fraction of sp³-hybridized carbons (Fsp3) is 0.280. The van der Waals surface area contributed by atoms with Gasteiger partial charge in [0.2, 0.25) is 5.95 Å². The van der Waals surface area contributed by atoms with Crippen molar-refractivity contribution >= 4 is 23.1 Å². The van der Waals surface area contributed by atoms with Crippen LogP contribution in [0.2, 0.25) is 0 Å². The third-order valence-electron chi connectivity index (χ3n) is 6.71. The van der Waals surface area contributed by atoms with E-state index < -0.39 is 11.6 Å². The molecule has 1 aromatic carbocycles. The molecule has 36 heavy (non-hydrogen) atoms. The minimum Gasteiger partial charge on any atom is -0.368 e. The van der Waals surface area contributed by atoms with Gasteiger partial charge in [0.05, 0.1) is 5.56 Å². The number of hydrogen-bond donors (Lipinski definition) is 1. The third kappa shape index (κ3) is 3.72. The number of aryl methyl sites for hydroxylation is 1. The Morgan fingerprint density at radius 3 is 2.50 bits per heavy atom. The molecule has 4 aromatic heterocycles. The fourth-order valence-corrected chi connectivity index (χ4v) is 4.68. The van der Waals surface area contributed by atoms with Crippen molar-refractivity contribution in [2.75, 3.05) is 43.9 Å². The number of nitrogens with two attached hydrogens (primary N) is 1. The van der Waals surface area contributed by atoms with Crippen LogP contribution in [-0.4, -0.2) is 67.1 Å². The van der Waals surface area contributed by atoms with E-state index in [1.54, 1.807) is 0 Å². The van der Waals surface area contributed by atoms with Crippen LogP contribution in [0.3, 0.4) is 0 Å². The summed E-state index contributed by atoms with van der Waals surface area (Å²) in [5.41, 5.74) is 10.2. The summed E-state index contributed by atoms with van der Waals surface area (Å²) in [6.07, 6.45) is 3.70. The number of nitrogens with zero attached hydrogens (tertiary/aromatic N) is 8. The number of hydrogen-bond acceptors (Lipinski definition) is 7. The van der Waals surface area contributed by atoms with Crippen molar-refractivity contribution in [1.82, 2.24) is 33.9 Å². The number of fused-ring (bicyclic) bond motifs is 2. The first-order valence-electron chi connectivity index (χ1n) is 11.7. The second-order valence-corrected chi connectivity index (χ2v) is 9.14. The van der Waals surface area contributed by atoms with Crippen molar-refractivity contribution in [3.05, 3.63) is 71.4 Å². The molecule has 9 nitrogen and oxygen atoms in total. The molecule has 2 N–H and O–H groups in total. The van der Waals surface area contributed by atoms with E-state index in [4.69, 9.17) is 15.7 Å². The van der Waals surface area contributed by atoms with Crippen LogP contribution >= 0.6 is 0 Å². The quantitative estimate of drug-likeness (QED) is 0.415. The number of piperazine rings is 1. The Labute approximate surface area is 205 Å². The molecule has 1 aliphatic heterocycles. The van der Waals surface area contributed by atoms with Gasteiger partial charge < -0.3 is 19.9 Å². The first-order valence-corrected chi connectivity index (χ1v) is 11.7. The van der Waals surface area contributed by atoms with Crippen LogP contribution in [0.25, 0.3) is 22.4 Å². The van der Waals surface area contributed by atoms with E-state index in [1.807, 2.05) is 35.9 Å². The summed E-state index contributed by atoms with van der Waals surface area (Å²) >= 11 is 0. The molecule has 1 aliphatic rings. The van der Waals surface area contributed by atoms with E-state index in [0.717, 1.165) is 48.6 Å². The lowest BCUT2D eigenvalue weighted by molar-refractivity contribution is 0.312. The molecule has 0 saturated carbocycles. The van der Waals surface area contributed by atoms with Gasteiger partial charge >= 0.3 is 0 Å². The largest absolute Gasteiger partial charge is 0.368 e. The van der Waals surface area contributed by atoms with Crippen LogP contribution in [-0.2, 0) is 6.42 Å². The number of benzene rings is 1. The average molecular weight is 490 g/mol. The molecule has 184 valence electrons. The Hall–Kier alpha value is -4.12. The summed E-state index contributed by atoms with van der Waals surface area (Å²) < 4.78 is 32.2. The van der Waals surface area contributed by atoms with Crippen molar-refractivity contribution in [3.8, 4) is 11.1 Å². The Kier molecular flexibility index (Phi) is 5.29. The monoisotopic (exact) mass is 489 g/mol. The van der Waals surface area contributed by atoms with Crippen LogP contribution in [0.5, 0.6) is 0 Å². The minimum atomic E-state index is -0.640. The zero-order valence-corrected chi connectivity index (χ0v) is 20.0. The second kappa shape index (κ2) is 8.52. The number of rotatable bonds is 4. The predicted molar refractivity (Wildman–Crippen MR) is 133 cm³/mol. The number of likely N-dealkylation sites (N-methyl/N-ethyl adjacent to an activating group) is 1. The van der Waals surface area contributed by atoms with Gasteiger partial charge in [0.1, 0.15) is 23.1 Å². The molecule has 0 bridgehead atoms. The summed E-state index contributed by atoms with van der Waals surface area (Å²) in [6, 6.07) is 7.70. The van der Waals surface area contributed by atoms with E-state index >= 15 is 0 Å². The molecule has 0 spiro atoms. The van der Waals surface area contributed by atoms with Gasteiger partial charge in [-0.1, -0.05) is 6.07 Å². The molecule has 0 unspecified atom stereocenters. The smallest absolute Gasteiger partial charge is 0.225 e. The van der Waals surface area contributed by atoms with Gasteiger partial charge in [0.25, 0.3) is 0 Å². The summed E-state index contributed by atoms with van der Waals surface area (Å²) in [5, 5.41) is 4.48. The SMILES string of the molecule is Cc1cnc2ccc(-c3c(N4CCN(C)CC4)nc(N)n4nc(Cc5c(F)cccc5F)nc34)cn12. The fourth-order valence-electron chi connectivity index (χ4n) is 4.68.